The molecule has 0 fully saturated rings. The van der Waals surface area contributed by atoms with E-state index in [0.29, 0.717) is 22.1 Å². The summed E-state index contributed by atoms with van der Waals surface area (Å²) >= 11 is 0. The molecule has 4 heteroatoms. The maximum Gasteiger partial charge on any atom is 0.279 e. The van der Waals surface area contributed by atoms with Crippen molar-refractivity contribution in [3.63, 3.8) is 0 Å². The number of aryl methyl sites for hydroxylation is 1. The SMILES string of the molecule is Cc1ccc2nc(=O)c3ccccc3nc2n1. The molecule has 0 radical (unpaired) electrons. The minimum atomic E-state index is -0.270. The van der Waals surface area contributed by atoms with Crippen molar-refractivity contribution in [1.82, 2.24) is 15.0 Å². The minimum Gasteiger partial charge on any atom is -0.267 e. The molecule has 0 aliphatic heterocycles. The standard InChI is InChI=1S/C13H9N3O/c1-8-6-7-11-12(14-8)15-10-5-3-2-4-9(10)13(17)16-11/h2-7H,1H3. The van der Waals surface area contributed by atoms with Crippen molar-refractivity contribution in [2.75, 3.05) is 0 Å². The molecule has 0 aliphatic rings. The van der Waals surface area contributed by atoms with Gasteiger partial charge in [0.05, 0.1) is 10.9 Å². The third-order valence-corrected chi connectivity index (χ3v) is 2.58. The summed E-state index contributed by atoms with van der Waals surface area (Å²) in [4.78, 5) is 24.6. The van der Waals surface area contributed by atoms with Gasteiger partial charge < -0.3 is 0 Å². The van der Waals surface area contributed by atoms with Crippen LogP contribution in [-0.2, 0) is 0 Å². The highest BCUT2D eigenvalue weighted by atomic mass is 16.1. The molecule has 17 heavy (non-hydrogen) atoms. The van der Waals surface area contributed by atoms with Crippen LogP contribution in [0, 0.1) is 6.92 Å². The normalized spacial score (nSPS) is 10.9. The summed E-state index contributed by atoms with van der Waals surface area (Å²) in [7, 11) is 0. The molecule has 0 aliphatic carbocycles. The molecule has 3 aromatic rings. The van der Waals surface area contributed by atoms with Gasteiger partial charge in [-0.1, -0.05) is 12.1 Å². The maximum absolute atomic E-state index is 11.9. The fourth-order valence-corrected chi connectivity index (χ4v) is 1.74. The smallest absolute Gasteiger partial charge is 0.267 e. The molecule has 0 amide bonds. The van der Waals surface area contributed by atoms with E-state index in [0.717, 1.165) is 5.69 Å². The van der Waals surface area contributed by atoms with E-state index >= 15 is 0 Å². The van der Waals surface area contributed by atoms with Crippen molar-refractivity contribution < 1.29 is 0 Å². The number of fused-ring (bicyclic) bond motifs is 2. The Morgan fingerprint density at radius 2 is 1.71 bits per heavy atom. The van der Waals surface area contributed by atoms with Gasteiger partial charge in [-0.3, -0.25) is 4.79 Å². The van der Waals surface area contributed by atoms with Gasteiger partial charge in [-0.05, 0) is 31.2 Å². The van der Waals surface area contributed by atoms with Gasteiger partial charge in [0, 0.05) is 5.69 Å². The van der Waals surface area contributed by atoms with E-state index in [4.69, 9.17) is 0 Å². The highest BCUT2D eigenvalue weighted by Gasteiger charge is 2.02. The fraction of sp³-hybridized carbons (Fsp3) is 0.0769. The summed E-state index contributed by atoms with van der Waals surface area (Å²) in [6.07, 6.45) is 0. The van der Waals surface area contributed by atoms with Gasteiger partial charge in [-0.2, -0.15) is 0 Å². The van der Waals surface area contributed by atoms with E-state index in [9.17, 15) is 4.79 Å². The average molecular weight is 223 g/mol. The quantitative estimate of drug-likeness (QED) is 0.583. The lowest BCUT2D eigenvalue weighted by atomic mass is 10.2. The number of para-hydroxylation sites is 1. The van der Waals surface area contributed by atoms with Crippen molar-refractivity contribution in [3.8, 4) is 0 Å². The third-order valence-electron chi connectivity index (χ3n) is 2.58. The third kappa shape index (κ3) is 1.63. The highest BCUT2D eigenvalue weighted by molar-refractivity contribution is 5.82. The number of rotatable bonds is 0. The van der Waals surface area contributed by atoms with Crippen LogP contribution in [0.5, 0.6) is 0 Å². The van der Waals surface area contributed by atoms with Crippen LogP contribution in [0.2, 0.25) is 0 Å². The predicted molar refractivity (Wildman–Crippen MR) is 65.8 cm³/mol. The first-order valence-corrected chi connectivity index (χ1v) is 5.28. The zero-order valence-electron chi connectivity index (χ0n) is 9.21. The van der Waals surface area contributed by atoms with Gasteiger partial charge in [0.1, 0.15) is 5.52 Å². The lowest BCUT2D eigenvalue weighted by Crippen LogP contribution is -2.01. The van der Waals surface area contributed by atoms with Crippen molar-refractivity contribution >= 4 is 22.1 Å². The zero-order valence-corrected chi connectivity index (χ0v) is 9.21. The van der Waals surface area contributed by atoms with Crippen LogP contribution in [0.3, 0.4) is 0 Å². The first-order valence-electron chi connectivity index (χ1n) is 5.28. The Labute approximate surface area is 97.0 Å². The number of pyridine rings is 1. The number of aromatic nitrogens is 3. The van der Waals surface area contributed by atoms with Crippen LogP contribution in [0.25, 0.3) is 22.1 Å². The summed E-state index contributed by atoms with van der Waals surface area (Å²) in [6.45, 7) is 1.88. The van der Waals surface area contributed by atoms with Crippen molar-refractivity contribution in [2.45, 2.75) is 6.92 Å². The Hall–Kier alpha value is -2.36. The summed E-state index contributed by atoms with van der Waals surface area (Å²) in [6, 6.07) is 10.8. The number of nitrogens with zero attached hydrogens (tertiary/aromatic N) is 3. The molecule has 0 atom stereocenters. The molecule has 0 spiro atoms. The van der Waals surface area contributed by atoms with E-state index in [1.807, 2.05) is 19.1 Å². The van der Waals surface area contributed by atoms with Crippen LogP contribution in [-0.4, -0.2) is 15.0 Å². The second-order valence-electron chi connectivity index (χ2n) is 3.84. The molecular weight excluding hydrogens is 214 g/mol. The second kappa shape index (κ2) is 3.59. The molecular formula is C13H9N3O. The Balaban J connectivity index is 2.61. The topological polar surface area (TPSA) is 55.7 Å². The Morgan fingerprint density at radius 1 is 0.882 bits per heavy atom. The average Bonchev–Trinajstić information content (AvgIpc) is 2.46. The van der Waals surface area contributed by atoms with Crippen LogP contribution < -0.4 is 5.56 Å². The van der Waals surface area contributed by atoms with Gasteiger partial charge >= 0.3 is 0 Å². The molecule has 0 saturated carbocycles. The van der Waals surface area contributed by atoms with Gasteiger partial charge in [-0.15, -0.1) is 0 Å². The molecule has 82 valence electrons. The lowest BCUT2D eigenvalue weighted by molar-refractivity contribution is 1.21. The Kier molecular flexibility index (Phi) is 2.08. The minimum absolute atomic E-state index is 0.270. The predicted octanol–water partition coefficient (Wildman–Crippen LogP) is 1.85. The molecule has 4 nitrogen and oxygen atoms in total. The molecule has 2 aromatic heterocycles. The van der Waals surface area contributed by atoms with Crippen LogP contribution in [0.15, 0.2) is 41.2 Å². The largest absolute Gasteiger partial charge is 0.279 e. The Bertz CT molecular complexity index is 784. The van der Waals surface area contributed by atoms with E-state index in [-0.39, 0.29) is 5.56 Å². The molecule has 0 N–H and O–H groups in total. The number of hydrogen-bond acceptors (Lipinski definition) is 4. The van der Waals surface area contributed by atoms with Crippen LogP contribution >= 0.6 is 0 Å². The Morgan fingerprint density at radius 3 is 2.59 bits per heavy atom. The molecule has 3 rings (SSSR count). The van der Waals surface area contributed by atoms with Gasteiger partial charge in [-0.25, -0.2) is 15.0 Å². The fourth-order valence-electron chi connectivity index (χ4n) is 1.74. The zero-order chi connectivity index (χ0) is 11.8. The summed E-state index contributed by atoms with van der Waals surface area (Å²) in [5.74, 6) is 0. The lowest BCUT2D eigenvalue weighted by Gasteiger charge is -1.91. The van der Waals surface area contributed by atoms with Crippen LogP contribution in [0.4, 0.5) is 0 Å². The van der Waals surface area contributed by atoms with Crippen molar-refractivity contribution in [3.05, 3.63) is 52.4 Å². The first kappa shape index (κ1) is 9.84. The second-order valence-corrected chi connectivity index (χ2v) is 3.84. The molecule has 0 unspecified atom stereocenters. The summed E-state index contributed by atoms with van der Waals surface area (Å²) in [5.41, 5.74) is 2.24. The highest BCUT2D eigenvalue weighted by Crippen LogP contribution is 2.09. The molecule has 1 aromatic carbocycles. The van der Waals surface area contributed by atoms with Crippen LogP contribution in [0.1, 0.15) is 5.69 Å². The number of benzene rings is 1. The van der Waals surface area contributed by atoms with E-state index < -0.39 is 0 Å². The molecule has 0 saturated heterocycles. The molecule has 2 heterocycles. The number of hydrogen-bond donors (Lipinski definition) is 0. The summed E-state index contributed by atoms with van der Waals surface area (Å²) < 4.78 is 0. The van der Waals surface area contributed by atoms with E-state index in [2.05, 4.69) is 15.0 Å². The van der Waals surface area contributed by atoms with E-state index in [1.54, 1.807) is 24.3 Å². The monoisotopic (exact) mass is 223 g/mol. The van der Waals surface area contributed by atoms with Gasteiger partial charge in [0.15, 0.2) is 5.65 Å². The summed E-state index contributed by atoms with van der Waals surface area (Å²) in [5, 5.41) is 0.517. The maximum atomic E-state index is 11.9. The first-order chi connectivity index (χ1) is 8.24. The van der Waals surface area contributed by atoms with Crippen molar-refractivity contribution in [2.24, 2.45) is 0 Å². The molecule has 0 bridgehead atoms. The van der Waals surface area contributed by atoms with Gasteiger partial charge in [0.25, 0.3) is 5.56 Å². The van der Waals surface area contributed by atoms with Gasteiger partial charge in [0.2, 0.25) is 0 Å². The van der Waals surface area contributed by atoms with Crippen molar-refractivity contribution in [1.29, 1.82) is 0 Å². The van der Waals surface area contributed by atoms with E-state index in [1.165, 1.54) is 0 Å².